The van der Waals surface area contributed by atoms with Gasteiger partial charge >= 0.3 is 0 Å². The molecule has 1 fully saturated rings. The Morgan fingerprint density at radius 2 is 2.04 bits per heavy atom. The molecule has 242 valence electrons. The molecule has 4 atom stereocenters. The number of rotatable bonds is 12. The number of nitriles is 1. The molecule has 45 heavy (non-hydrogen) atoms. The second-order valence-corrected chi connectivity index (χ2v) is 14.3. The zero-order valence-corrected chi connectivity index (χ0v) is 27.5. The first-order valence-corrected chi connectivity index (χ1v) is 17.8. The number of allylic oxidation sites excluding steroid dienone is 2. The Bertz CT molecular complexity index is 1520. The van der Waals surface area contributed by atoms with Crippen LogP contribution in [0.1, 0.15) is 79.8 Å². The van der Waals surface area contributed by atoms with Gasteiger partial charge in [-0.2, -0.15) is 5.26 Å². The number of aryl methyl sites for hydroxylation is 1. The summed E-state index contributed by atoms with van der Waals surface area (Å²) in [6.45, 7) is 7.37. The molecule has 2 aliphatic rings. The first-order valence-electron chi connectivity index (χ1n) is 15.9. The Balaban J connectivity index is 1.64. The van der Waals surface area contributed by atoms with Crippen LogP contribution < -0.4 is 14.4 Å². The Labute approximate surface area is 272 Å². The van der Waals surface area contributed by atoms with Crippen LogP contribution in [0.15, 0.2) is 61.2 Å². The maximum Gasteiger partial charge on any atom is 0.264 e. The highest BCUT2D eigenvalue weighted by Gasteiger charge is 2.37. The number of nitrogens with zero attached hydrogens (tertiary/aromatic N) is 2. The van der Waals surface area contributed by atoms with Gasteiger partial charge in [-0.3, -0.25) is 4.79 Å². The van der Waals surface area contributed by atoms with Crippen LogP contribution in [0.25, 0.3) is 0 Å². The van der Waals surface area contributed by atoms with E-state index in [1.54, 1.807) is 30.3 Å². The van der Waals surface area contributed by atoms with Crippen molar-refractivity contribution in [2.45, 2.75) is 82.7 Å². The van der Waals surface area contributed by atoms with Crippen molar-refractivity contribution in [1.29, 1.82) is 5.26 Å². The van der Waals surface area contributed by atoms with Gasteiger partial charge in [0.25, 0.3) is 15.9 Å². The van der Waals surface area contributed by atoms with Crippen LogP contribution in [0, 0.1) is 23.2 Å². The molecule has 0 radical (unpaired) electrons. The van der Waals surface area contributed by atoms with Crippen molar-refractivity contribution < 1.29 is 23.1 Å². The molecule has 2 aromatic carbocycles. The minimum atomic E-state index is -4.23. The van der Waals surface area contributed by atoms with E-state index in [9.17, 15) is 23.6 Å². The van der Waals surface area contributed by atoms with E-state index >= 15 is 0 Å². The van der Waals surface area contributed by atoms with Gasteiger partial charge in [-0.05, 0) is 105 Å². The smallest absolute Gasteiger partial charge is 0.264 e. The van der Waals surface area contributed by atoms with E-state index in [1.165, 1.54) is 0 Å². The highest BCUT2D eigenvalue weighted by Crippen LogP contribution is 2.41. The molecule has 1 heterocycles. The first kappa shape index (κ1) is 34.6. The summed E-state index contributed by atoms with van der Waals surface area (Å²) in [7, 11) is -4.23. The van der Waals surface area contributed by atoms with Gasteiger partial charge in [-0.1, -0.05) is 49.2 Å². The maximum absolute atomic E-state index is 13.3. The summed E-state index contributed by atoms with van der Waals surface area (Å²) >= 11 is 6.31. The number of aliphatic hydroxyl groups excluding tert-OH is 1. The monoisotopic (exact) mass is 653 g/mol. The van der Waals surface area contributed by atoms with Gasteiger partial charge in [0, 0.05) is 23.7 Å². The van der Waals surface area contributed by atoms with E-state index < -0.39 is 27.3 Å². The number of unbranched alkanes of at least 4 members (excludes halogenated alkanes) is 1. The number of aliphatic hydroxyl groups is 1. The van der Waals surface area contributed by atoms with Gasteiger partial charge in [0.2, 0.25) is 0 Å². The van der Waals surface area contributed by atoms with Crippen LogP contribution in [0.3, 0.4) is 0 Å². The Hall–Kier alpha value is -3.32. The van der Waals surface area contributed by atoms with Crippen molar-refractivity contribution in [3.8, 4) is 11.8 Å². The van der Waals surface area contributed by atoms with Crippen molar-refractivity contribution >= 4 is 33.2 Å². The molecule has 10 heteroatoms. The van der Waals surface area contributed by atoms with Gasteiger partial charge in [-0.15, -0.1) is 6.58 Å². The number of hydrogen-bond acceptors (Lipinski definition) is 7. The summed E-state index contributed by atoms with van der Waals surface area (Å²) in [6.07, 6.45) is 11.9. The summed E-state index contributed by atoms with van der Waals surface area (Å²) in [5, 5.41) is 19.7. The SMILES string of the molecule is C=CCC[C@@H](C#N)S(=O)(=O)NC(=O)c1ccc2c(c1)N(C[C@@H]1CC[C@H]1[C@@H](O)/C=C/CCC)CCCCc1cc(Cl)ccc1CO2. The predicted molar refractivity (Wildman–Crippen MR) is 179 cm³/mol. The second kappa shape index (κ2) is 16.3. The highest BCUT2D eigenvalue weighted by atomic mass is 35.5. The average molecular weight is 654 g/mol. The van der Waals surface area contributed by atoms with Gasteiger partial charge in [0.1, 0.15) is 12.4 Å². The number of hydrogen-bond donors (Lipinski definition) is 2. The molecule has 1 aliphatic heterocycles. The van der Waals surface area contributed by atoms with Crippen LogP contribution in [0.4, 0.5) is 5.69 Å². The van der Waals surface area contributed by atoms with E-state index in [-0.39, 0.29) is 23.8 Å². The van der Waals surface area contributed by atoms with Crippen LogP contribution in [-0.2, 0) is 23.1 Å². The average Bonchev–Trinajstić information content (AvgIpc) is 3.02. The van der Waals surface area contributed by atoms with E-state index in [0.717, 1.165) is 56.1 Å². The number of benzene rings is 2. The largest absolute Gasteiger partial charge is 0.487 e. The van der Waals surface area contributed by atoms with Gasteiger partial charge in [0.15, 0.2) is 5.25 Å². The van der Waals surface area contributed by atoms with Crippen molar-refractivity contribution in [2.24, 2.45) is 11.8 Å². The van der Waals surface area contributed by atoms with Crippen molar-refractivity contribution in [1.82, 2.24) is 4.72 Å². The van der Waals surface area contributed by atoms with Gasteiger partial charge < -0.3 is 14.7 Å². The van der Waals surface area contributed by atoms with E-state index in [2.05, 4.69) is 23.1 Å². The quantitative estimate of drug-likeness (QED) is 0.244. The van der Waals surface area contributed by atoms with E-state index in [4.69, 9.17) is 16.3 Å². The molecule has 2 N–H and O–H groups in total. The Kier molecular flexibility index (Phi) is 12.5. The molecule has 0 unspecified atom stereocenters. The Morgan fingerprint density at radius 1 is 1.22 bits per heavy atom. The first-order chi connectivity index (χ1) is 21.7. The number of carbonyl (C=O) groups is 1. The number of amides is 1. The molecule has 0 saturated heterocycles. The summed E-state index contributed by atoms with van der Waals surface area (Å²) < 4.78 is 34.3. The molecule has 4 rings (SSSR count). The van der Waals surface area contributed by atoms with E-state index in [1.807, 2.05) is 30.4 Å². The number of fused-ring (bicyclic) bond motifs is 2. The minimum absolute atomic E-state index is 0.0448. The van der Waals surface area contributed by atoms with Crippen molar-refractivity contribution in [3.05, 3.63) is 82.9 Å². The third-order valence-electron chi connectivity index (χ3n) is 8.78. The Morgan fingerprint density at radius 3 is 2.76 bits per heavy atom. The van der Waals surface area contributed by atoms with Crippen LogP contribution in [-0.4, -0.2) is 43.9 Å². The molecule has 1 amide bonds. The molecular weight excluding hydrogens is 610 g/mol. The van der Waals surface area contributed by atoms with Gasteiger partial charge in [-0.25, -0.2) is 13.1 Å². The maximum atomic E-state index is 13.3. The van der Waals surface area contributed by atoms with E-state index in [0.29, 0.717) is 42.6 Å². The van der Waals surface area contributed by atoms with Crippen LogP contribution >= 0.6 is 11.6 Å². The number of halogens is 1. The summed E-state index contributed by atoms with van der Waals surface area (Å²) in [5.41, 5.74) is 3.03. The number of nitrogens with one attached hydrogen (secondary N) is 1. The number of ether oxygens (including phenoxy) is 1. The fraction of sp³-hybridized carbons (Fsp3) is 0.486. The fourth-order valence-electron chi connectivity index (χ4n) is 6.00. The van der Waals surface area contributed by atoms with Crippen molar-refractivity contribution in [3.63, 3.8) is 0 Å². The number of carbonyl (C=O) groups excluding carboxylic acids is 1. The molecule has 0 aromatic heterocycles. The zero-order valence-electron chi connectivity index (χ0n) is 26.0. The molecule has 1 saturated carbocycles. The van der Waals surface area contributed by atoms with Crippen molar-refractivity contribution in [2.75, 3.05) is 18.0 Å². The minimum Gasteiger partial charge on any atom is -0.487 e. The topological polar surface area (TPSA) is 120 Å². The molecule has 0 spiro atoms. The molecular formula is C35H44ClN3O5S. The second-order valence-electron chi connectivity index (χ2n) is 12.0. The molecule has 0 bridgehead atoms. The lowest BCUT2D eigenvalue weighted by Crippen LogP contribution is -2.43. The molecule has 1 aliphatic carbocycles. The lowest BCUT2D eigenvalue weighted by atomic mass is 9.70. The fourth-order valence-corrected chi connectivity index (χ4v) is 7.29. The summed E-state index contributed by atoms with van der Waals surface area (Å²) in [5.74, 6) is 0.169. The lowest BCUT2D eigenvalue weighted by Gasteiger charge is -2.42. The number of anilines is 1. The molecule has 8 nitrogen and oxygen atoms in total. The summed E-state index contributed by atoms with van der Waals surface area (Å²) in [6, 6.07) is 12.5. The zero-order chi connectivity index (χ0) is 32.4. The van der Waals surface area contributed by atoms with Crippen LogP contribution in [0.5, 0.6) is 5.75 Å². The van der Waals surface area contributed by atoms with Crippen LogP contribution in [0.2, 0.25) is 5.02 Å². The molecule has 2 aromatic rings. The third kappa shape index (κ3) is 9.12. The third-order valence-corrected chi connectivity index (χ3v) is 10.6. The normalized spacial score (nSPS) is 19.9. The van der Waals surface area contributed by atoms with Gasteiger partial charge in [0.05, 0.1) is 17.9 Å². The standard InChI is InChI=1S/C35H44ClN3O5S/c1-3-5-7-12-33(40)31-17-14-27(31)23-39-19-9-8-10-25-20-29(36)16-13-28(25)24-44-34-18-15-26(21-32(34)39)35(41)38-45(42,43)30(22-37)11-6-4-2/h4,7,12-13,15-16,18,20-21,27,30-31,33,40H,2-3,5-6,8-11,14,17,19,23-24H2,1H3,(H,38,41)/b12-7+/t27-,30-,31+,33-/m0/s1. The number of sulfonamides is 1. The predicted octanol–water partition coefficient (Wildman–Crippen LogP) is 6.72. The summed E-state index contributed by atoms with van der Waals surface area (Å²) in [4.78, 5) is 15.5. The lowest BCUT2D eigenvalue weighted by molar-refractivity contribution is 0.0461. The highest BCUT2D eigenvalue weighted by molar-refractivity contribution is 7.90.